The van der Waals surface area contributed by atoms with Crippen molar-refractivity contribution in [3.05, 3.63) is 65.2 Å². The number of carbonyl (C=O) groups is 1. The van der Waals surface area contributed by atoms with Gasteiger partial charge in [-0.1, -0.05) is 30.3 Å². The Kier molecular flexibility index (Phi) is 6.63. The lowest BCUT2D eigenvalue weighted by Crippen LogP contribution is -2.25. The quantitative estimate of drug-likeness (QED) is 0.814. The van der Waals surface area contributed by atoms with Crippen LogP contribution in [0.3, 0.4) is 0 Å². The van der Waals surface area contributed by atoms with Crippen LogP contribution in [0.15, 0.2) is 48.5 Å². The highest BCUT2D eigenvalue weighted by Gasteiger charge is 2.10. The molecule has 0 aromatic heterocycles. The molecule has 0 radical (unpaired) electrons. The summed E-state index contributed by atoms with van der Waals surface area (Å²) in [4.78, 5) is 12.3. The molecule has 0 atom stereocenters. The van der Waals surface area contributed by atoms with Gasteiger partial charge in [0.2, 0.25) is 0 Å². The normalized spacial score (nSPS) is 10.3. The largest absolute Gasteiger partial charge is 0.494 e. The van der Waals surface area contributed by atoms with Crippen LogP contribution in [-0.2, 0) is 17.8 Å². The highest BCUT2D eigenvalue weighted by Crippen LogP contribution is 2.21. The number of benzene rings is 2. The van der Waals surface area contributed by atoms with Crippen molar-refractivity contribution in [3.63, 3.8) is 0 Å². The van der Waals surface area contributed by atoms with Crippen molar-refractivity contribution in [2.24, 2.45) is 0 Å². The third-order valence-corrected chi connectivity index (χ3v) is 3.46. The van der Waals surface area contributed by atoms with E-state index in [1.807, 2.05) is 37.3 Å². The molecule has 0 spiro atoms. The average Bonchev–Trinajstić information content (AvgIpc) is 2.58. The van der Waals surface area contributed by atoms with E-state index in [0.717, 1.165) is 17.7 Å². The number of carbonyl (C=O) groups excluding carboxylic acids is 1. The Bertz CT molecular complexity index is 626. The topological polar surface area (TPSA) is 47.6 Å². The van der Waals surface area contributed by atoms with E-state index >= 15 is 0 Å². The van der Waals surface area contributed by atoms with E-state index in [1.165, 1.54) is 5.56 Å². The SMILES string of the molecule is CCOc1ccc(C(=O)NCCc2ccccc2)cc1COC. The summed E-state index contributed by atoms with van der Waals surface area (Å²) in [5.74, 6) is 0.677. The van der Waals surface area contributed by atoms with Crippen molar-refractivity contribution in [2.45, 2.75) is 20.0 Å². The molecule has 0 aliphatic rings. The Morgan fingerprint density at radius 3 is 2.61 bits per heavy atom. The molecule has 1 N–H and O–H groups in total. The van der Waals surface area contributed by atoms with E-state index in [0.29, 0.717) is 25.3 Å². The maximum Gasteiger partial charge on any atom is 0.251 e. The van der Waals surface area contributed by atoms with Crippen LogP contribution in [0.4, 0.5) is 0 Å². The second-order valence-electron chi connectivity index (χ2n) is 5.18. The Hall–Kier alpha value is -2.33. The number of nitrogens with one attached hydrogen (secondary N) is 1. The van der Waals surface area contributed by atoms with Gasteiger partial charge in [0.1, 0.15) is 5.75 Å². The first-order chi connectivity index (χ1) is 11.2. The maximum absolute atomic E-state index is 12.3. The van der Waals surface area contributed by atoms with Gasteiger partial charge in [0.25, 0.3) is 5.91 Å². The van der Waals surface area contributed by atoms with Crippen molar-refractivity contribution in [3.8, 4) is 5.75 Å². The number of rotatable bonds is 8. The molecule has 4 nitrogen and oxygen atoms in total. The molecule has 2 aromatic carbocycles. The smallest absolute Gasteiger partial charge is 0.251 e. The molecule has 0 unspecified atom stereocenters. The summed E-state index contributed by atoms with van der Waals surface area (Å²) in [6, 6.07) is 15.5. The van der Waals surface area contributed by atoms with Crippen molar-refractivity contribution in [1.82, 2.24) is 5.32 Å². The van der Waals surface area contributed by atoms with Gasteiger partial charge < -0.3 is 14.8 Å². The van der Waals surface area contributed by atoms with Crippen LogP contribution in [0.25, 0.3) is 0 Å². The minimum Gasteiger partial charge on any atom is -0.494 e. The molecule has 0 saturated carbocycles. The van der Waals surface area contributed by atoms with Gasteiger partial charge >= 0.3 is 0 Å². The Balaban J connectivity index is 1.97. The molecule has 0 bridgehead atoms. The molecule has 23 heavy (non-hydrogen) atoms. The van der Waals surface area contributed by atoms with Gasteiger partial charge in [-0.2, -0.15) is 0 Å². The van der Waals surface area contributed by atoms with Gasteiger partial charge in [-0.15, -0.1) is 0 Å². The first-order valence-electron chi connectivity index (χ1n) is 7.81. The van der Waals surface area contributed by atoms with Crippen LogP contribution in [0.1, 0.15) is 28.4 Å². The second-order valence-corrected chi connectivity index (χ2v) is 5.18. The minimum absolute atomic E-state index is 0.0821. The van der Waals surface area contributed by atoms with Gasteiger partial charge in [0.15, 0.2) is 0 Å². The molecule has 2 aromatic rings. The number of hydrogen-bond donors (Lipinski definition) is 1. The van der Waals surface area contributed by atoms with Crippen molar-refractivity contribution >= 4 is 5.91 Å². The first kappa shape index (κ1) is 17.0. The lowest BCUT2D eigenvalue weighted by molar-refractivity contribution is 0.0953. The summed E-state index contributed by atoms with van der Waals surface area (Å²) in [5.41, 5.74) is 2.71. The molecule has 122 valence electrons. The van der Waals surface area contributed by atoms with E-state index in [1.54, 1.807) is 13.2 Å². The van der Waals surface area contributed by atoms with Crippen molar-refractivity contribution < 1.29 is 14.3 Å². The maximum atomic E-state index is 12.3. The molecule has 2 rings (SSSR count). The fourth-order valence-electron chi connectivity index (χ4n) is 2.35. The van der Waals surface area contributed by atoms with Crippen molar-refractivity contribution in [2.75, 3.05) is 20.3 Å². The highest BCUT2D eigenvalue weighted by atomic mass is 16.5. The number of ether oxygens (including phenoxy) is 2. The van der Waals surface area contributed by atoms with Gasteiger partial charge in [0, 0.05) is 24.8 Å². The predicted molar refractivity (Wildman–Crippen MR) is 90.8 cm³/mol. The van der Waals surface area contributed by atoms with Crippen LogP contribution in [0, 0.1) is 0 Å². The van der Waals surface area contributed by atoms with Crippen LogP contribution in [0.2, 0.25) is 0 Å². The lowest BCUT2D eigenvalue weighted by Gasteiger charge is -2.12. The van der Waals surface area contributed by atoms with Crippen LogP contribution >= 0.6 is 0 Å². The number of hydrogen-bond acceptors (Lipinski definition) is 3. The van der Waals surface area contributed by atoms with Crippen LogP contribution < -0.4 is 10.1 Å². The molecule has 0 saturated heterocycles. The monoisotopic (exact) mass is 313 g/mol. The summed E-state index contributed by atoms with van der Waals surface area (Å²) in [7, 11) is 1.63. The van der Waals surface area contributed by atoms with E-state index in [2.05, 4.69) is 17.4 Å². The van der Waals surface area contributed by atoms with E-state index in [-0.39, 0.29) is 5.91 Å². The third-order valence-electron chi connectivity index (χ3n) is 3.46. The second kappa shape index (κ2) is 8.96. The summed E-state index contributed by atoms with van der Waals surface area (Å²) < 4.78 is 10.7. The first-order valence-corrected chi connectivity index (χ1v) is 7.81. The molecule has 0 heterocycles. The minimum atomic E-state index is -0.0821. The summed E-state index contributed by atoms with van der Waals surface area (Å²) >= 11 is 0. The summed E-state index contributed by atoms with van der Waals surface area (Å²) in [5, 5.41) is 2.95. The number of methoxy groups -OCH3 is 1. The zero-order valence-electron chi connectivity index (χ0n) is 13.7. The Labute approximate surface area is 137 Å². The van der Waals surface area contributed by atoms with Crippen LogP contribution in [0.5, 0.6) is 5.75 Å². The van der Waals surface area contributed by atoms with E-state index < -0.39 is 0 Å². The van der Waals surface area contributed by atoms with E-state index in [4.69, 9.17) is 9.47 Å². The molecular weight excluding hydrogens is 290 g/mol. The fourth-order valence-corrected chi connectivity index (χ4v) is 2.35. The molecule has 1 amide bonds. The fraction of sp³-hybridized carbons (Fsp3) is 0.316. The average molecular weight is 313 g/mol. The molecule has 0 aliphatic carbocycles. The standard InChI is InChI=1S/C19H23NO3/c1-3-23-18-10-9-16(13-17(18)14-22-2)19(21)20-12-11-15-7-5-4-6-8-15/h4-10,13H,3,11-12,14H2,1-2H3,(H,20,21). The van der Waals surface area contributed by atoms with Gasteiger partial charge in [-0.25, -0.2) is 0 Å². The van der Waals surface area contributed by atoms with Crippen molar-refractivity contribution in [1.29, 1.82) is 0 Å². The predicted octanol–water partition coefficient (Wildman–Crippen LogP) is 3.20. The Morgan fingerprint density at radius 1 is 1.13 bits per heavy atom. The zero-order chi connectivity index (χ0) is 16.5. The molecule has 0 fully saturated rings. The van der Waals surface area contributed by atoms with Gasteiger partial charge in [0.05, 0.1) is 13.2 Å². The number of amides is 1. The van der Waals surface area contributed by atoms with Gasteiger partial charge in [-0.3, -0.25) is 4.79 Å². The van der Waals surface area contributed by atoms with Crippen LogP contribution in [-0.4, -0.2) is 26.2 Å². The highest BCUT2D eigenvalue weighted by molar-refractivity contribution is 5.94. The lowest BCUT2D eigenvalue weighted by atomic mass is 10.1. The molecular formula is C19H23NO3. The third kappa shape index (κ3) is 5.11. The Morgan fingerprint density at radius 2 is 1.91 bits per heavy atom. The van der Waals surface area contributed by atoms with Gasteiger partial charge in [-0.05, 0) is 37.1 Å². The molecule has 0 aliphatic heterocycles. The van der Waals surface area contributed by atoms with E-state index in [9.17, 15) is 4.79 Å². The summed E-state index contributed by atoms with van der Waals surface area (Å²) in [6.45, 7) is 3.54. The zero-order valence-corrected chi connectivity index (χ0v) is 13.7. The summed E-state index contributed by atoms with van der Waals surface area (Å²) in [6.07, 6.45) is 0.814. The molecule has 4 heteroatoms.